The first kappa shape index (κ1) is 14.1. The summed E-state index contributed by atoms with van der Waals surface area (Å²) in [7, 11) is 0. The maximum Gasteiger partial charge on any atom is 0.139 e. The van der Waals surface area contributed by atoms with Gasteiger partial charge in [-0.2, -0.15) is 0 Å². The molecule has 0 aliphatic carbocycles. The molecule has 0 fully saturated rings. The zero-order chi connectivity index (χ0) is 13.3. The number of nitrogens with one attached hydrogen (secondary N) is 1. The molecular formula is C12H8Br2FIN2. The lowest BCUT2D eigenvalue weighted by molar-refractivity contribution is 0.622. The molecule has 94 valence electrons. The normalized spacial score (nSPS) is 10.4. The van der Waals surface area contributed by atoms with Crippen molar-refractivity contribution in [2.24, 2.45) is 0 Å². The van der Waals surface area contributed by atoms with Crippen LogP contribution in [0.2, 0.25) is 0 Å². The molecule has 3 N–H and O–H groups in total. The molecule has 0 spiro atoms. The molecule has 0 bridgehead atoms. The van der Waals surface area contributed by atoms with Gasteiger partial charge in [0.05, 0.1) is 21.5 Å². The second-order valence-corrected chi connectivity index (χ2v) is 6.56. The van der Waals surface area contributed by atoms with Gasteiger partial charge in [-0.15, -0.1) is 0 Å². The average Bonchev–Trinajstić information content (AvgIpc) is 2.30. The van der Waals surface area contributed by atoms with E-state index in [4.69, 9.17) is 5.73 Å². The van der Waals surface area contributed by atoms with Crippen LogP contribution in [0.3, 0.4) is 0 Å². The fourth-order valence-electron chi connectivity index (χ4n) is 1.41. The monoisotopic (exact) mass is 484 g/mol. The van der Waals surface area contributed by atoms with E-state index in [-0.39, 0.29) is 5.82 Å². The van der Waals surface area contributed by atoms with Gasteiger partial charge in [0.15, 0.2) is 0 Å². The molecule has 0 saturated heterocycles. The van der Waals surface area contributed by atoms with Crippen molar-refractivity contribution in [2.45, 2.75) is 0 Å². The molecule has 2 aromatic carbocycles. The molecule has 0 unspecified atom stereocenters. The van der Waals surface area contributed by atoms with E-state index in [1.165, 1.54) is 6.07 Å². The van der Waals surface area contributed by atoms with Crippen molar-refractivity contribution in [1.82, 2.24) is 0 Å². The van der Waals surface area contributed by atoms with E-state index >= 15 is 0 Å². The smallest absolute Gasteiger partial charge is 0.139 e. The molecule has 0 amide bonds. The third-order valence-electron chi connectivity index (χ3n) is 2.29. The van der Waals surface area contributed by atoms with Crippen LogP contribution >= 0.6 is 54.5 Å². The van der Waals surface area contributed by atoms with Crippen molar-refractivity contribution in [3.8, 4) is 0 Å². The van der Waals surface area contributed by atoms with Gasteiger partial charge in [0, 0.05) is 14.1 Å². The maximum absolute atomic E-state index is 13.3. The van der Waals surface area contributed by atoms with Crippen LogP contribution in [0.4, 0.5) is 21.5 Å². The first-order valence-corrected chi connectivity index (χ1v) is 7.60. The van der Waals surface area contributed by atoms with Crippen LogP contribution in [0.25, 0.3) is 0 Å². The van der Waals surface area contributed by atoms with Gasteiger partial charge in [-0.3, -0.25) is 0 Å². The summed E-state index contributed by atoms with van der Waals surface area (Å²) in [6.45, 7) is 0. The Labute approximate surface area is 135 Å². The highest BCUT2D eigenvalue weighted by molar-refractivity contribution is 14.1. The minimum atomic E-state index is -0.375. The van der Waals surface area contributed by atoms with Crippen LogP contribution in [0.15, 0.2) is 39.3 Å². The molecule has 0 heterocycles. The summed E-state index contributed by atoms with van der Waals surface area (Å²) in [5.74, 6) is -0.375. The molecule has 2 rings (SSSR count). The van der Waals surface area contributed by atoms with Crippen molar-refractivity contribution in [3.05, 3.63) is 48.7 Å². The summed E-state index contributed by atoms with van der Waals surface area (Å²) < 4.78 is 15.7. The zero-order valence-electron chi connectivity index (χ0n) is 8.98. The largest absolute Gasteiger partial charge is 0.397 e. The van der Waals surface area contributed by atoms with Gasteiger partial charge in [-0.25, -0.2) is 4.39 Å². The van der Waals surface area contributed by atoms with Gasteiger partial charge in [0.25, 0.3) is 0 Å². The van der Waals surface area contributed by atoms with Gasteiger partial charge < -0.3 is 11.1 Å². The van der Waals surface area contributed by atoms with Crippen molar-refractivity contribution < 1.29 is 4.39 Å². The molecule has 6 heteroatoms. The van der Waals surface area contributed by atoms with Crippen molar-refractivity contribution in [3.63, 3.8) is 0 Å². The number of hydrogen-bond donors (Lipinski definition) is 2. The van der Waals surface area contributed by atoms with E-state index in [9.17, 15) is 4.39 Å². The van der Waals surface area contributed by atoms with Gasteiger partial charge >= 0.3 is 0 Å². The van der Waals surface area contributed by atoms with E-state index in [1.54, 1.807) is 6.07 Å². The summed E-state index contributed by atoms with van der Waals surface area (Å²) in [6.07, 6.45) is 0. The predicted octanol–water partition coefficient (Wildman–Crippen LogP) is 5.28. The second-order valence-electron chi connectivity index (χ2n) is 3.60. The fraction of sp³-hybridized carbons (Fsp3) is 0. The number of benzene rings is 2. The number of rotatable bonds is 2. The highest BCUT2D eigenvalue weighted by Gasteiger charge is 2.08. The molecule has 0 radical (unpaired) electrons. The molecule has 0 saturated carbocycles. The number of halogens is 4. The highest BCUT2D eigenvalue weighted by Crippen LogP contribution is 2.32. The Kier molecular flexibility index (Phi) is 4.50. The van der Waals surface area contributed by atoms with E-state index < -0.39 is 0 Å². The highest BCUT2D eigenvalue weighted by atomic mass is 127. The third kappa shape index (κ3) is 3.16. The van der Waals surface area contributed by atoms with Crippen molar-refractivity contribution in [2.75, 3.05) is 11.1 Å². The number of hydrogen-bond acceptors (Lipinski definition) is 2. The van der Waals surface area contributed by atoms with Crippen molar-refractivity contribution >= 4 is 71.5 Å². The lowest BCUT2D eigenvalue weighted by Gasteiger charge is -2.12. The van der Waals surface area contributed by atoms with Crippen LogP contribution in [-0.2, 0) is 0 Å². The summed E-state index contributed by atoms with van der Waals surface area (Å²) in [4.78, 5) is 0. The first-order valence-electron chi connectivity index (χ1n) is 4.94. The molecule has 0 aromatic heterocycles. The molecule has 0 aliphatic heterocycles. The van der Waals surface area contributed by atoms with Gasteiger partial charge in [0.1, 0.15) is 5.82 Å². The lowest BCUT2D eigenvalue weighted by Crippen LogP contribution is -1.98. The topological polar surface area (TPSA) is 38.0 Å². The quantitative estimate of drug-likeness (QED) is 0.448. The van der Waals surface area contributed by atoms with E-state index in [1.807, 2.05) is 18.2 Å². The van der Waals surface area contributed by atoms with Crippen LogP contribution < -0.4 is 11.1 Å². The van der Waals surface area contributed by atoms with Gasteiger partial charge in [-0.1, -0.05) is 0 Å². The molecule has 18 heavy (non-hydrogen) atoms. The zero-order valence-corrected chi connectivity index (χ0v) is 14.3. The van der Waals surface area contributed by atoms with Gasteiger partial charge in [0.2, 0.25) is 0 Å². The Morgan fingerprint density at radius 2 is 1.78 bits per heavy atom. The van der Waals surface area contributed by atoms with Crippen LogP contribution in [0, 0.1) is 9.39 Å². The summed E-state index contributed by atoms with van der Waals surface area (Å²) in [5.41, 5.74) is 7.69. The van der Waals surface area contributed by atoms with E-state index in [0.29, 0.717) is 15.8 Å². The summed E-state index contributed by atoms with van der Waals surface area (Å²) in [5, 5.41) is 3.18. The van der Waals surface area contributed by atoms with E-state index in [2.05, 4.69) is 59.8 Å². The van der Waals surface area contributed by atoms with Gasteiger partial charge in [-0.05, 0) is 78.7 Å². The van der Waals surface area contributed by atoms with Crippen LogP contribution in [0.1, 0.15) is 0 Å². The average molecular weight is 486 g/mol. The minimum absolute atomic E-state index is 0.362. The molecule has 0 atom stereocenters. The second kappa shape index (κ2) is 5.75. The molecule has 2 nitrogen and oxygen atoms in total. The standard InChI is InChI=1S/C12H8Br2FIN2/c13-7-2-1-6(16)3-11(7)18-12-4-8(14)9(15)5-10(12)17/h1-5,18H,17H2. The van der Waals surface area contributed by atoms with Crippen LogP contribution in [-0.4, -0.2) is 0 Å². The number of nitrogens with two attached hydrogens (primary N) is 1. The Bertz CT molecular complexity index is 605. The lowest BCUT2D eigenvalue weighted by atomic mass is 10.2. The summed E-state index contributed by atoms with van der Waals surface area (Å²) >= 11 is 8.82. The molecule has 2 aromatic rings. The first-order chi connectivity index (χ1) is 8.47. The number of nitrogen functional groups attached to an aromatic ring is 1. The fourth-order valence-corrected chi connectivity index (χ4v) is 2.59. The predicted molar refractivity (Wildman–Crippen MR) is 88.7 cm³/mol. The number of anilines is 3. The molecule has 0 aliphatic rings. The Balaban J connectivity index is 2.40. The Hall–Kier alpha value is -0.340. The summed E-state index contributed by atoms with van der Waals surface area (Å²) in [6, 6.07) is 8.81. The minimum Gasteiger partial charge on any atom is -0.397 e. The Morgan fingerprint density at radius 3 is 2.50 bits per heavy atom. The van der Waals surface area contributed by atoms with E-state index in [0.717, 1.165) is 13.7 Å². The Morgan fingerprint density at radius 1 is 1.06 bits per heavy atom. The SMILES string of the molecule is Nc1cc(F)c(Br)cc1Nc1cc(I)ccc1Br. The maximum atomic E-state index is 13.3. The van der Waals surface area contributed by atoms with Crippen molar-refractivity contribution in [1.29, 1.82) is 0 Å². The van der Waals surface area contributed by atoms with Crippen LogP contribution in [0.5, 0.6) is 0 Å². The third-order valence-corrected chi connectivity index (χ3v) is 4.26. The molecular weight excluding hydrogens is 478 g/mol.